The van der Waals surface area contributed by atoms with Crippen LogP contribution >= 0.6 is 23.2 Å². The largest absolute Gasteiger partial charge is 0.241 e. The summed E-state index contributed by atoms with van der Waals surface area (Å²) in [4.78, 5) is 0.160. The molecule has 0 fully saturated rings. The second-order valence-electron chi connectivity index (χ2n) is 5.01. The van der Waals surface area contributed by atoms with E-state index in [4.69, 9.17) is 23.2 Å². The molecule has 0 aromatic heterocycles. The molecule has 0 heterocycles. The van der Waals surface area contributed by atoms with Crippen molar-refractivity contribution in [1.29, 1.82) is 0 Å². The van der Waals surface area contributed by atoms with Crippen molar-refractivity contribution >= 4 is 44.0 Å². The Hall–Kier alpha value is -1.59. The molecule has 0 bridgehead atoms. The molecule has 0 amide bonds. The maximum Gasteiger partial charge on any atom is 0.241 e. The predicted molar refractivity (Wildman–Crippen MR) is 94.4 cm³/mol. The van der Waals surface area contributed by atoms with E-state index in [-0.39, 0.29) is 11.4 Å². The first-order valence-electron chi connectivity index (χ1n) is 6.89. The third kappa shape index (κ3) is 3.35. The van der Waals surface area contributed by atoms with Gasteiger partial charge in [-0.3, -0.25) is 0 Å². The van der Waals surface area contributed by atoms with Gasteiger partial charge < -0.3 is 0 Å². The quantitative estimate of drug-likeness (QED) is 0.732. The van der Waals surface area contributed by atoms with Crippen LogP contribution in [0.3, 0.4) is 0 Å². The summed E-state index contributed by atoms with van der Waals surface area (Å²) >= 11 is 12.3. The molecular weight excluding hydrogens is 353 g/mol. The third-order valence-corrected chi connectivity index (χ3v) is 5.64. The Labute approximate surface area is 144 Å². The minimum absolute atomic E-state index is 0.114. The Balaban J connectivity index is 1.99. The molecule has 0 aliphatic carbocycles. The molecule has 0 saturated heterocycles. The van der Waals surface area contributed by atoms with E-state index >= 15 is 0 Å². The third-order valence-electron chi connectivity index (χ3n) is 3.52. The van der Waals surface area contributed by atoms with Crippen molar-refractivity contribution < 1.29 is 8.42 Å². The highest BCUT2D eigenvalue weighted by atomic mass is 35.5. The molecule has 0 aliphatic heterocycles. The van der Waals surface area contributed by atoms with Crippen LogP contribution in [0.25, 0.3) is 10.8 Å². The minimum atomic E-state index is -3.72. The van der Waals surface area contributed by atoms with Gasteiger partial charge in [0.05, 0.1) is 4.90 Å². The average molecular weight is 366 g/mol. The second-order valence-corrected chi connectivity index (χ2v) is 7.56. The molecule has 0 radical (unpaired) electrons. The number of fused-ring (bicyclic) bond motifs is 1. The standard InChI is InChI=1S/C17H13Cl2NO2S/c18-14-8-2-1-5-13(14)11-20-23(21,22)16-10-4-7-12-6-3-9-15(19)17(12)16/h1-10,20H,11H2. The first kappa shape index (κ1) is 16.3. The minimum Gasteiger partial charge on any atom is -0.207 e. The van der Waals surface area contributed by atoms with Crippen molar-refractivity contribution in [3.63, 3.8) is 0 Å². The van der Waals surface area contributed by atoms with Gasteiger partial charge in [-0.25, -0.2) is 13.1 Å². The number of rotatable bonds is 4. The Kier molecular flexibility index (Phi) is 4.60. The lowest BCUT2D eigenvalue weighted by molar-refractivity contribution is 0.582. The summed E-state index contributed by atoms with van der Waals surface area (Å²) in [5, 5.41) is 2.22. The van der Waals surface area contributed by atoms with Gasteiger partial charge in [0.1, 0.15) is 0 Å². The Bertz CT molecular complexity index is 966. The van der Waals surface area contributed by atoms with Crippen LogP contribution in [0.5, 0.6) is 0 Å². The number of benzene rings is 3. The molecule has 3 rings (SSSR count). The molecule has 0 atom stereocenters. The van der Waals surface area contributed by atoms with Gasteiger partial charge in [0.25, 0.3) is 0 Å². The van der Waals surface area contributed by atoms with Crippen molar-refractivity contribution in [1.82, 2.24) is 4.72 Å². The lowest BCUT2D eigenvalue weighted by Crippen LogP contribution is -2.23. The van der Waals surface area contributed by atoms with Gasteiger partial charge in [-0.1, -0.05) is 65.7 Å². The van der Waals surface area contributed by atoms with E-state index in [0.717, 1.165) is 5.39 Å². The van der Waals surface area contributed by atoms with Gasteiger partial charge >= 0.3 is 0 Å². The van der Waals surface area contributed by atoms with E-state index in [1.807, 2.05) is 18.2 Å². The van der Waals surface area contributed by atoms with Crippen molar-refractivity contribution in [3.8, 4) is 0 Å². The van der Waals surface area contributed by atoms with E-state index in [9.17, 15) is 8.42 Å². The van der Waals surface area contributed by atoms with Gasteiger partial charge in [0.2, 0.25) is 10.0 Å². The van der Waals surface area contributed by atoms with E-state index in [0.29, 0.717) is 21.0 Å². The number of nitrogens with one attached hydrogen (secondary N) is 1. The molecule has 3 aromatic carbocycles. The monoisotopic (exact) mass is 365 g/mol. The summed E-state index contributed by atoms with van der Waals surface area (Å²) in [6.07, 6.45) is 0. The number of halogens is 2. The van der Waals surface area contributed by atoms with Crippen LogP contribution in [0.2, 0.25) is 10.0 Å². The van der Waals surface area contributed by atoms with E-state index in [1.165, 1.54) is 0 Å². The van der Waals surface area contributed by atoms with Crippen molar-refractivity contribution in [2.45, 2.75) is 11.4 Å². The SMILES string of the molecule is O=S(=O)(NCc1ccccc1Cl)c1cccc2cccc(Cl)c12. The van der Waals surface area contributed by atoms with Gasteiger partial charge in [-0.2, -0.15) is 0 Å². The van der Waals surface area contributed by atoms with E-state index < -0.39 is 10.0 Å². The highest BCUT2D eigenvalue weighted by molar-refractivity contribution is 7.89. The van der Waals surface area contributed by atoms with Crippen molar-refractivity contribution in [3.05, 3.63) is 76.3 Å². The molecule has 3 aromatic rings. The van der Waals surface area contributed by atoms with Crippen LogP contribution in [0, 0.1) is 0 Å². The van der Waals surface area contributed by atoms with Gasteiger partial charge in [-0.15, -0.1) is 0 Å². The zero-order valence-electron chi connectivity index (χ0n) is 12.0. The maximum atomic E-state index is 12.7. The van der Waals surface area contributed by atoms with Gasteiger partial charge in [0.15, 0.2) is 0 Å². The topological polar surface area (TPSA) is 46.2 Å². The van der Waals surface area contributed by atoms with E-state index in [1.54, 1.807) is 42.5 Å². The summed E-state index contributed by atoms with van der Waals surface area (Å²) in [6.45, 7) is 0.114. The van der Waals surface area contributed by atoms with Crippen LogP contribution in [0.4, 0.5) is 0 Å². The van der Waals surface area contributed by atoms with Crippen molar-refractivity contribution in [2.24, 2.45) is 0 Å². The second kappa shape index (κ2) is 6.49. The highest BCUT2D eigenvalue weighted by Crippen LogP contribution is 2.29. The van der Waals surface area contributed by atoms with Gasteiger partial charge in [0, 0.05) is 22.0 Å². The Morgan fingerprint density at radius 1 is 0.826 bits per heavy atom. The lowest BCUT2D eigenvalue weighted by atomic mass is 10.1. The average Bonchev–Trinajstić information content (AvgIpc) is 2.54. The zero-order valence-corrected chi connectivity index (χ0v) is 14.3. The van der Waals surface area contributed by atoms with Crippen molar-refractivity contribution in [2.75, 3.05) is 0 Å². The van der Waals surface area contributed by atoms with Crippen LogP contribution in [-0.4, -0.2) is 8.42 Å². The molecule has 0 spiro atoms. The molecule has 23 heavy (non-hydrogen) atoms. The van der Waals surface area contributed by atoms with Crippen LogP contribution in [0.15, 0.2) is 65.6 Å². The number of hydrogen-bond donors (Lipinski definition) is 1. The molecule has 6 heteroatoms. The van der Waals surface area contributed by atoms with Crippen LogP contribution < -0.4 is 4.72 Å². The maximum absolute atomic E-state index is 12.7. The van der Waals surface area contributed by atoms with Crippen LogP contribution in [-0.2, 0) is 16.6 Å². The first-order valence-corrected chi connectivity index (χ1v) is 9.13. The Morgan fingerprint density at radius 2 is 1.48 bits per heavy atom. The summed E-state index contributed by atoms with van der Waals surface area (Å²) in [6, 6.07) is 17.5. The fourth-order valence-electron chi connectivity index (χ4n) is 2.38. The lowest BCUT2D eigenvalue weighted by Gasteiger charge is -2.11. The highest BCUT2D eigenvalue weighted by Gasteiger charge is 2.19. The smallest absolute Gasteiger partial charge is 0.207 e. The molecule has 118 valence electrons. The zero-order chi connectivity index (χ0) is 16.4. The fraction of sp³-hybridized carbons (Fsp3) is 0.0588. The molecule has 0 aliphatic rings. The molecular formula is C17H13Cl2NO2S. The molecule has 0 unspecified atom stereocenters. The number of sulfonamides is 1. The predicted octanol–water partition coefficient (Wildman–Crippen LogP) is 4.63. The summed E-state index contributed by atoms with van der Waals surface area (Å²) < 4.78 is 27.9. The summed E-state index contributed by atoms with van der Waals surface area (Å²) in [5.74, 6) is 0. The Morgan fingerprint density at radius 3 is 2.22 bits per heavy atom. The molecule has 0 saturated carbocycles. The summed E-state index contributed by atoms with van der Waals surface area (Å²) in [7, 11) is -3.72. The number of hydrogen-bond acceptors (Lipinski definition) is 2. The fourth-order valence-corrected chi connectivity index (χ4v) is 4.18. The summed E-state index contributed by atoms with van der Waals surface area (Å²) in [5.41, 5.74) is 0.712. The molecule has 1 N–H and O–H groups in total. The molecule has 3 nitrogen and oxygen atoms in total. The van der Waals surface area contributed by atoms with E-state index in [2.05, 4.69) is 4.72 Å². The van der Waals surface area contributed by atoms with Gasteiger partial charge in [-0.05, 0) is 29.1 Å². The normalized spacial score (nSPS) is 11.7. The first-order chi connectivity index (χ1) is 11.0. The van der Waals surface area contributed by atoms with Crippen LogP contribution in [0.1, 0.15) is 5.56 Å².